The van der Waals surface area contributed by atoms with E-state index in [0.29, 0.717) is 11.3 Å². The number of hydrogen-bond acceptors (Lipinski definition) is 4. The normalized spacial score (nSPS) is 12.3. The first kappa shape index (κ1) is 34.4. The molecule has 0 saturated carbocycles. The number of sulfonamides is 1. The molecule has 1 atom stereocenters. The van der Waals surface area contributed by atoms with Gasteiger partial charge < -0.3 is 10.2 Å². The smallest absolute Gasteiger partial charge is 0.264 e. The lowest BCUT2D eigenvalue weighted by molar-refractivity contribution is -0.140. The summed E-state index contributed by atoms with van der Waals surface area (Å²) in [6, 6.07) is 28.6. The van der Waals surface area contributed by atoms with Crippen LogP contribution in [0.25, 0.3) is 0 Å². The van der Waals surface area contributed by atoms with Gasteiger partial charge in [-0.25, -0.2) is 8.42 Å². The van der Waals surface area contributed by atoms with E-state index in [1.54, 1.807) is 30.3 Å². The zero-order valence-electron chi connectivity index (χ0n) is 27.9. The summed E-state index contributed by atoms with van der Waals surface area (Å²) in [5.41, 5.74) is 5.15. The van der Waals surface area contributed by atoms with Crippen LogP contribution in [0.4, 0.5) is 5.69 Å². The fourth-order valence-electron chi connectivity index (χ4n) is 5.24. The Morgan fingerprint density at radius 3 is 1.89 bits per heavy atom. The van der Waals surface area contributed by atoms with Crippen LogP contribution in [0.15, 0.2) is 102 Å². The van der Waals surface area contributed by atoms with E-state index >= 15 is 0 Å². The van der Waals surface area contributed by atoms with Crippen LogP contribution in [0.1, 0.15) is 54.2 Å². The van der Waals surface area contributed by atoms with Crippen LogP contribution in [0, 0.1) is 27.7 Å². The second-order valence-electron chi connectivity index (χ2n) is 13.1. The van der Waals surface area contributed by atoms with E-state index in [1.165, 1.54) is 9.21 Å². The first-order chi connectivity index (χ1) is 21.6. The lowest BCUT2D eigenvalue weighted by Gasteiger charge is -2.35. The van der Waals surface area contributed by atoms with Gasteiger partial charge in [-0.15, -0.1) is 0 Å². The van der Waals surface area contributed by atoms with Crippen molar-refractivity contribution in [3.63, 3.8) is 0 Å². The SMILES string of the molecule is Cc1ccc(CN(C(=O)CN(c2cc(C)ccc2C)S(=O)(=O)c2ccc(C)cc2)C(Cc2ccccc2)C(=O)NC(C)(C)C)cc1. The molecule has 0 bridgehead atoms. The van der Waals surface area contributed by atoms with Crippen LogP contribution < -0.4 is 9.62 Å². The second kappa shape index (κ2) is 14.3. The minimum Gasteiger partial charge on any atom is -0.350 e. The molecule has 0 aromatic heterocycles. The van der Waals surface area contributed by atoms with Crippen LogP contribution in [0.5, 0.6) is 0 Å². The highest BCUT2D eigenvalue weighted by Crippen LogP contribution is 2.29. The van der Waals surface area contributed by atoms with Gasteiger partial charge in [0.2, 0.25) is 11.8 Å². The van der Waals surface area contributed by atoms with E-state index < -0.39 is 34.1 Å². The Bertz CT molecular complexity index is 1760. The van der Waals surface area contributed by atoms with Gasteiger partial charge in [-0.3, -0.25) is 13.9 Å². The molecule has 0 heterocycles. The summed E-state index contributed by atoms with van der Waals surface area (Å²) in [4.78, 5) is 30.3. The van der Waals surface area contributed by atoms with Crippen molar-refractivity contribution in [1.82, 2.24) is 10.2 Å². The minimum absolute atomic E-state index is 0.0863. The van der Waals surface area contributed by atoms with E-state index in [0.717, 1.165) is 27.8 Å². The zero-order valence-corrected chi connectivity index (χ0v) is 28.7. The number of nitrogens with zero attached hydrogens (tertiary/aromatic N) is 2. The Balaban J connectivity index is 1.84. The number of anilines is 1. The number of benzene rings is 4. The average Bonchev–Trinajstić information content (AvgIpc) is 2.99. The number of rotatable bonds is 11. The van der Waals surface area contributed by atoms with Gasteiger partial charge >= 0.3 is 0 Å². The van der Waals surface area contributed by atoms with Crippen molar-refractivity contribution in [2.24, 2.45) is 0 Å². The summed E-state index contributed by atoms with van der Waals surface area (Å²) in [5, 5.41) is 3.07. The van der Waals surface area contributed by atoms with Crippen LogP contribution in [0.2, 0.25) is 0 Å². The fourth-order valence-corrected chi connectivity index (χ4v) is 6.71. The Morgan fingerprint density at radius 1 is 0.739 bits per heavy atom. The van der Waals surface area contributed by atoms with E-state index in [2.05, 4.69) is 5.32 Å². The quantitative estimate of drug-likeness (QED) is 0.199. The van der Waals surface area contributed by atoms with Gasteiger partial charge in [0.1, 0.15) is 12.6 Å². The Morgan fingerprint density at radius 2 is 1.30 bits per heavy atom. The lowest BCUT2D eigenvalue weighted by Crippen LogP contribution is -2.56. The molecule has 8 heteroatoms. The molecule has 0 spiro atoms. The second-order valence-corrected chi connectivity index (χ2v) is 14.9. The van der Waals surface area contributed by atoms with Gasteiger partial charge in [0, 0.05) is 18.5 Å². The highest BCUT2D eigenvalue weighted by atomic mass is 32.2. The van der Waals surface area contributed by atoms with E-state index in [9.17, 15) is 18.0 Å². The van der Waals surface area contributed by atoms with Crippen LogP contribution in [-0.4, -0.2) is 43.3 Å². The third-order valence-corrected chi connectivity index (χ3v) is 9.54. The standard InChI is InChI=1S/C38H45N3O4S/c1-27-14-19-32(20-15-27)25-40(35(37(43)39-38(5,6)7)24-31-11-9-8-10-12-31)36(42)26-41(34-23-29(3)13-18-30(34)4)46(44,45)33-21-16-28(2)17-22-33/h8-23,35H,24-26H2,1-7H3,(H,39,43). The highest BCUT2D eigenvalue weighted by Gasteiger charge is 2.36. The van der Waals surface area contributed by atoms with Gasteiger partial charge in [0.15, 0.2) is 0 Å². The Hall–Kier alpha value is -4.43. The van der Waals surface area contributed by atoms with Crippen LogP contribution in [-0.2, 0) is 32.6 Å². The van der Waals surface area contributed by atoms with Gasteiger partial charge in [0.05, 0.1) is 10.6 Å². The molecule has 1 unspecified atom stereocenters. The summed E-state index contributed by atoms with van der Waals surface area (Å²) < 4.78 is 29.8. The average molecular weight is 640 g/mol. The van der Waals surface area contributed by atoms with Crippen LogP contribution in [0.3, 0.4) is 0 Å². The molecule has 0 aliphatic rings. The van der Waals surface area contributed by atoms with E-state index in [-0.39, 0.29) is 23.8 Å². The van der Waals surface area contributed by atoms with E-state index in [1.807, 2.05) is 115 Å². The molecule has 46 heavy (non-hydrogen) atoms. The lowest BCUT2D eigenvalue weighted by atomic mass is 10.0. The number of carbonyl (C=O) groups is 2. The van der Waals surface area contributed by atoms with Crippen molar-refractivity contribution >= 4 is 27.5 Å². The molecule has 2 amide bonds. The van der Waals surface area contributed by atoms with Crippen molar-refractivity contribution < 1.29 is 18.0 Å². The molecule has 4 rings (SSSR count). The van der Waals surface area contributed by atoms with Crippen molar-refractivity contribution in [3.8, 4) is 0 Å². The molecular formula is C38H45N3O4S. The third kappa shape index (κ3) is 8.85. The van der Waals surface area contributed by atoms with Crippen molar-refractivity contribution in [3.05, 3.63) is 130 Å². The topological polar surface area (TPSA) is 86.8 Å². The maximum absolute atomic E-state index is 14.7. The summed E-state index contributed by atoms with van der Waals surface area (Å²) in [6.07, 6.45) is 0.258. The summed E-state index contributed by atoms with van der Waals surface area (Å²) in [6.45, 7) is 12.9. The van der Waals surface area contributed by atoms with Crippen molar-refractivity contribution in [2.75, 3.05) is 10.8 Å². The Labute approximate surface area is 274 Å². The first-order valence-corrected chi connectivity index (χ1v) is 17.0. The molecule has 0 fully saturated rings. The molecule has 0 saturated heterocycles. The van der Waals surface area contributed by atoms with E-state index in [4.69, 9.17) is 0 Å². The highest BCUT2D eigenvalue weighted by molar-refractivity contribution is 7.92. The van der Waals surface area contributed by atoms with Crippen molar-refractivity contribution in [2.45, 2.75) is 77.9 Å². The fraction of sp³-hybridized carbons (Fsp3) is 0.316. The van der Waals surface area contributed by atoms with Gasteiger partial charge in [-0.05, 0) is 88.9 Å². The van der Waals surface area contributed by atoms with Gasteiger partial charge in [-0.2, -0.15) is 0 Å². The summed E-state index contributed by atoms with van der Waals surface area (Å²) in [7, 11) is -4.17. The molecule has 242 valence electrons. The molecule has 7 nitrogen and oxygen atoms in total. The predicted molar refractivity (Wildman–Crippen MR) is 185 cm³/mol. The maximum Gasteiger partial charge on any atom is 0.264 e. The monoisotopic (exact) mass is 639 g/mol. The summed E-state index contributed by atoms with van der Waals surface area (Å²) in [5.74, 6) is -0.793. The molecule has 1 N–H and O–H groups in total. The number of hydrogen-bond donors (Lipinski definition) is 1. The number of amides is 2. The predicted octanol–water partition coefficient (Wildman–Crippen LogP) is 6.67. The zero-order chi connectivity index (χ0) is 33.6. The van der Waals surface area contributed by atoms with Gasteiger partial charge in [0.25, 0.3) is 10.0 Å². The van der Waals surface area contributed by atoms with Gasteiger partial charge in [-0.1, -0.05) is 90.0 Å². The molecule has 4 aromatic rings. The minimum atomic E-state index is -4.17. The molecule has 0 aliphatic heterocycles. The largest absolute Gasteiger partial charge is 0.350 e. The number of nitrogens with one attached hydrogen (secondary N) is 1. The molecular weight excluding hydrogens is 595 g/mol. The Kier molecular flexibility index (Phi) is 10.7. The van der Waals surface area contributed by atoms with Crippen LogP contribution >= 0.6 is 0 Å². The molecule has 4 aromatic carbocycles. The molecule has 0 radical (unpaired) electrons. The number of aryl methyl sites for hydroxylation is 4. The third-order valence-electron chi connectivity index (χ3n) is 7.76. The summed E-state index contributed by atoms with van der Waals surface area (Å²) >= 11 is 0. The van der Waals surface area contributed by atoms with Crippen molar-refractivity contribution in [1.29, 1.82) is 0 Å². The number of carbonyl (C=O) groups excluding carboxylic acids is 2. The molecule has 0 aliphatic carbocycles. The maximum atomic E-state index is 14.7. The first-order valence-electron chi connectivity index (χ1n) is 15.5.